The molecule has 0 heterocycles. The standard InChI is InChI=1S/C16H22N2O3/c1-11-8-14(11)16(20)17-7-6-15(19)18-10-12-4-3-5-13(9-12)21-2/h3-5,9,11,14H,6-8,10H2,1-2H3,(H,17,20)(H,18,19)/t11-,14-/m0/s1. The van der Waals surface area contributed by atoms with Crippen LogP contribution in [0.15, 0.2) is 24.3 Å². The number of carbonyl (C=O) groups is 2. The molecule has 2 atom stereocenters. The average Bonchev–Trinajstić information content (AvgIpc) is 3.22. The van der Waals surface area contributed by atoms with Gasteiger partial charge in [-0.3, -0.25) is 9.59 Å². The summed E-state index contributed by atoms with van der Waals surface area (Å²) in [4.78, 5) is 23.3. The minimum Gasteiger partial charge on any atom is -0.497 e. The van der Waals surface area contributed by atoms with Crippen molar-refractivity contribution in [3.63, 3.8) is 0 Å². The van der Waals surface area contributed by atoms with E-state index in [-0.39, 0.29) is 17.7 Å². The number of hydrogen-bond acceptors (Lipinski definition) is 3. The van der Waals surface area contributed by atoms with Crippen LogP contribution in [0.25, 0.3) is 0 Å². The second-order valence-electron chi connectivity index (χ2n) is 5.49. The number of amides is 2. The largest absolute Gasteiger partial charge is 0.497 e. The molecule has 1 aromatic rings. The molecule has 0 radical (unpaired) electrons. The van der Waals surface area contributed by atoms with Crippen LogP contribution in [0.5, 0.6) is 5.75 Å². The van der Waals surface area contributed by atoms with E-state index in [1.807, 2.05) is 24.3 Å². The van der Waals surface area contributed by atoms with Crippen LogP contribution in [0, 0.1) is 11.8 Å². The van der Waals surface area contributed by atoms with Crippen molar-refractivity contribution in [1.29, 1.82) is 0 Å². The molecule has 5 nitrogen and oxygen atoms in total. The van der Waals surface area contributed by atoms with Gasteiger partial charge >= 0.3 is 0 Å². The quantitative estimate of drug-likeness (QED) is 0.799. The van der Waals surface area contributed by atoms with Crippen molar-refractivity contribution in [3.05, 3.63) is 29.8 Å². The fourth-order valence-electron chi connectivity index (χ4n) is 2.19. The lowest BCUT2D eigenvalue weighted by Crippen LogP contribution is -2.31. The maximum absolute atomic E-state index is 11.7. The molecule has 21 heavy (non-hydrogen) atoms. The first-order valence-electron chi connectivity index (χ1n) is 7.27. The highest BCUT2D eigenvalue weighted by Gasteiger charge is 2.38. The van der Waals surface area contributed by atoms with Crippen LogP contribution in [0.3, 0.4) is 0 Å². The number of benzene rings is 1. The van der Waals surface area contributed by atoms with Gasteiger partial charge in [0.15, 0.2) is 0 Å². The highest BCUT2D eigenvalue weighted by molar-refractivity contribution is 5.82. The third kappa shape index (κ3) is 4.77. The Labute approximate surface area is 125 Å². The van der Waals surface area contributed by atoms with Crippen molar-refractivity contribution in [2.24, 2.45) is 11.8 Å². The fraction of sp³-hybridized carbons (Fsp3) is 0.500. The Morgan fingerprint density at radius 1 is 1.33 bits per heavy atom. The number of nitrogens with one attached hydrogen (secondary N) is 2. The summed E-state index contributed by atoms with van der Waals surface area (Å²) in [6, 6.07) is 7.56. The maximum Gasteiger partial charge on any atom is 0.223 e. The van der Waals surface area contributed by atoms with Crippen molar-refractivity contribution in [1.82, 2.24) is 10.6 Å². The highest BCUT2D eigenvalue weighted by Crippen LogP contribution is 2.37. The molecule has 0 unspecified atom stereocenters. The van der Waals surface area contributed by atoms with Crippen LogP contribution in [-0.2, 0) is 16.1 Å². The molecule has 1 fully saturated rings. The molecule has 2 amide bonds. The molecular weight excluding hydrogens is 268 g/mol. The summed E-state index contributed by atoms with van der Waals surface area (Å²) in [6.45, 7) is 2.92. The molecule has 0 aromatic heterocycles. The maximum atomic E-state index is 11.7. The van der Waals surface area contributed by atoms with Crippen LogP contribution in [-0.4, -0.2) is 25.5 Å². The monoisotopic (exact) mass is 290 g/mol. The van der Waals surface area contributed by atoms with Gasteiger partial charge in [-0.25, -0.2) is 0 Å². The highest BCUT2D eigenvalue weighted by atomic mass is 16.5. The molecule has 114 valence electrons. The third-order valence-corrected chi connectivity index (χ3v) is 3.72. The summed E-state index contributed by atoms with van der Waals surface area (Å²) in [5.74, 6) is 1.43. The van der Waals surface area contributed by atoms with Crippen molar-refractivity contribution in [2.75, 3.05) is 13.7 Å². The second-order valence-corrected chi connectivity index (χ2v) is 5.49. The Morgan fingerprint density at radius 3 is 2.76 bits per heavy atom. The topological polar surface area (TPSA) is 67.4 Å². The first kappa shape index (κ1) is 15.4. The van der Waals surface area contributed by atoms with Crippen molar-refractivity contribution < 1.29 is 14.3 Å². The van der Waals surface area contributed by atoms with Gasteiger partial charge in [0.05, 0.1) is 7.11 Å². The predicted molar refractivity (Wildman–Crippen MR) is 79.7 cm³/mol. The van der Waals surface area contributed by atoms with E-state index < -0.39 is 0 Å². The van der Waals surface area contributed by atoms with E-state index >= 15 is 0 Å². The van der Waals surface area contributed by atoms with E-state index in [0.29, 0.717) is 25.4 Å². The molecule has 5 heteroatoms. The summed E-state index contributed by atoms with van der Waals surface area (Å²) in [5, 5.41) is 5.63. The SMILES string of the molecule is COc1cccc(CNC(=O)CCNC(=O)[C@H]2C[C@@H]2C)c1. The van der Waals surface area contributed by atoms with Crippen LogP contribution in [0.4, 0.5) is 0 Å². The molecule has 2 rings (SSSR count). The summed E-state index contributed by atoms with van der Waals surface area (Å²) >= 11 is 0. The summed E-state index contributed by atoms with van der Waals surface area (Å²) in [5.41, 5.74) is 0.985. The number of methoxy groups -OCH3 is 1. The number of carbonyl (C=O) groups excluding carboxylic acids is 2. The number of ether oxygens (including phenoxy) is 1. The molecule has 1 aliphatic rings. The van der Waals surface area contributed by atoms with E-state index in [1.165, 1.54) is 0 Å². The van der Waals surface area contributed by atoms with E-state index in [9.17, 15) is 9.59 Å². The van der Waals surface area contributed by atoms with E-state index in [0.717, 1.165) is 17.7 Å². The Bertz CT molecular complexity index is 516. The fourth-order valence-corrected chi connectivity index (χ4v) is 2.19. The van der Waals surface area contributed by atoms with Gasteiger partial charge < -0.3 is 15.4 Å². The van der Waals surface area contributed by atoms with Gasteiger partial charge in [0.2, 0.25) is 11.8 Å². The van der Waals surface area contributed by atoms with Gasteiger partial charge in [-0.15, -0.1) is 0 Å². The molecule has 1 saturated carbocycles. The smallest absolute Gasteiger partial charge is 0.223 e. The van der Waals surface area contributed by atoms with Gasteiger partial charge in [-0.2, -0.15) is 0 Å². The lowest BCUT2D eigenvalue weighted by Gasteiger charge is -2.08. The first-order chi connectivity index (χ1) is 10.1. The lowest BCUT2D eigenvalue weighted by molar-refractivity contribution is -0.123. The molecule has 1 aromatic carbocycles. The van der Waals surface area contributed by atoms with Crippen LogP contribution in [0.1, 0.15) is 25.3 Å². The van der Waals surface area contributed by atoms with E-state index in [1.54, 1.807) is 7.11 Å². The number of hydrogen-bond donors (Lipinski definition) is 2. The van der Waals surface area contributed by atoms with Crippen molar-refractivity contribution in [2.45, 2.75) is 26.3 Å². The Hall–Kier alpha value is -2.04. The Kier molecular flexibility index (Phi) is 5.20. The summed E-state index contributed by atoms with van der Waals surface area (Å²) < 4.78 is 5.13. The summed E-state index contributed by atoms with van der Waals surface area (Å²) in [6.07, 6.45) is 1.27. The van der Waals surface area contributed by atoms with E-state index in [2.05, 4.69) is 17.6 Å². The van der Waals surface area contributed by atoms with Crippen molar-refractivity contribution >= 4 is 11.8 Å². The second kappa shape index (κ2) is 7.11. The molecule has 0 bridgehead atoms. The van der Waals surface area contributed by atoms with Gasteiger partial charge in [-0.05, 0) is 30.0 Å². The molecule has 2 N–H and O–H groups in total. The van der Waals surface area contributed by atoms with Crippen LogP contribution in [0.2, 0.25) is 0 Å². The van der Waals surface area contributed by atoms with Crippen LogP contribution >= 0.6 is 0 Å². The predicted octanol–water partition coefficient (Wildman–Crippen LogP) is 1.47. The van der Waals surface area contributed by atoms with Gasteiger partial charge in [0.25, 0.3) is 0 Å². The lowest BCUT2D eigenvalue weighted by atomic mass is 10.2. The van der Waals surface area contributed by atoms with Gasteiger partial charge in [0.1, 0.15) is 5.75 Å². The Morgan fingerprint density at radius 2 is 2.10 bits per heavy atom. The van der Waals surface area contributed by atoms with Gasteiger partial charge in [0, 0.05) is 25.4 Å². The Balaban J connectivity index is 1.64. The zero-order valence-corrected chi connectivity index (χ0v) is 12.5. The molecule has 0 saturated heterocycles. The normalized spacial score (nSPS) is 19.7. The average molecular weight is 290 g/mol. The third-order valence-electron chi connectivity index (χ3n) is 3.72. The molecular formula is C16H22N2O3. The zero-order valence-electron chi connectivity index (χ0n) is 12.5. The zero-order chi connectivity index (χ0) is 15.2. The van der Waals surface area contributed by atoms with Crippen LogP contribution < -0.4 is 15.4 Å². The molecule has 0 spiro atoms. The number of rotatable bonds is 7. The molecule has 0 aliphatic heterocycles. The van der Waals surface area contributed by atoms with Gasteiger partial charge in [-0.1, -0.05) is 19.1 Å². The minimum atomic E-state index is -0.0676. The first-order valence-corrected chi connectivity index (χ1v) is 7.27. The molecule has 1 aliphatic carbocycles. The minimum absolute atomic E-state index is 0.0676. The van der Waals surface area contributed by atoms with Crippen molar-refractivity contribution in [3.8, 4) is 5.75 Å². The summed E-state index contributed by atoms with van der Waals surface area (Å²) in [7, 11) is 1.61. The van der Waals surface area contributed by atoms with E-state index in [4.69, 9.17) is 4.74 Å².